The predicted octanol–water partition coefficient (Wildman–Crippen LogP) is -0.478. The number of carboxylic acids is 1. The summed E-state index contributed by atoms with van der Waals surface area (Å²) < 4.78 is 0. The Morgan fingerprint density at radius 1 is 1.60 bits per heavy atom. The van der Waals surface area contributed by atoms with Gasteiger partial charge in [0.1, 0.15) is 0 Å². The van der Waals surface area contributed by atoms with Crippen LogP contribution in [0.4, 0.5) is 0 Å². The quantitative estimate of drug-likeness (QED) is 0.518. The van der Waals surface area contributed by atoms with Gasteiger partial charge in [-0.1, -0.05) is 0 Å². The summed E-state index contributed by atoms with van der Waals surface area (Å²) in [5, 5.41) is 23.3. The van der Waals surface area contributed by atoms with Crippen LogP contribution >= 0.6 is 0 Å². The standard InChI is InChI=1S/C4H5N3O3/c1-2-3(4(8)9)6-7(10)5-2/h10H,1H3,(H,8,9). The Bertz CT molecular complexity index is 267. The van der Waals surface area contributed by atoms with Crippen LogP contribution < -0.4 is 0 Å². The van der Waals surface area contributed by atoms with Gasteiger partial charge in [0, 0.05) is 0 Å². The Kier molecular flexibility index (Phi) is 1.29. The van der Waals surface area contributed by atoms with Gasteiger partial charge in [0.25, 0.3) is 0 Å². The number of nitrogens with zero attached hydrogens (tertiary/aromatic N) is 3. The van der Waals surface area contributed by atoms with Crippen molar-refractivity contribution in [3.63, 3.8) is 0 Å². The largest absolute Gasteiger partial charge is 0.476 e. The summed E-state index contributed by atoms with van der Waals surface area (Å²) in [7, 11) is 0. The molecule has 0 amide bonds. The molecule has 0 aliphatic heterocycles. The Morgan fingerprint density at radius 3 is 2.40 bits per heavy atom. The highest BCUT2D eigenvalue weighted by Gasteiger charge is 2.12. The van der Waals surface area contributed by atoms with E-state index in [1.807, 2.05) is 0 Å². The molecule has 0 saturated heterocycles. The predicted molar refractivity (Wildman–Crippen MR) is 28.9 cm³/mol. The number of aromatic carboxylic acids is 1. The second-order valence-corrected chi connectivity index (χ2v) is 1.71. The number of aromatic nitrogens is 3. The number of carbonyl (C=O) groups is 1. The molecule has 0 aliphatic carbocycles. The van der Waals surface area contributed by atoms with E-state index in [0.29, 0.717) is 0 Å². The van der Waals surface area contributed by atoms with E-state index in [0.717, 1.165) is 0 Å². The van der Waals surface area contributed by atoms with Crippen molar-refractivity contribution in [3.05, 3.63) is 11.4 Å². The van der Waals surface area contributed by atoms with E-state index in [-0.39, 0.29) is 16.3 Å². The van der Waals surface area contributed by atoms with Gasteiger partial charge in [0.05, 0.1) is 5.69 Å². The minimum atomic E-state index is -1.20. The van der Waals surface area contributed by atoms with Gasteiger partial charge < -0.3 is 10.3 Å². The molecule has 0 saturated carbocycles. The van der Waals surface area contributed by atoms with Crippen LogP contribution in [0.15, 0.2) is 0 Å². The summed E-state index contributed by atoms with van der Waals surface area (Å²) in [4.78, 5) is 10.4. The van der Waals surface area contributed by atoms with Crippen LogP contribution in [0.5, 0.6) is 0 Å². The minimum Gasteiger partial charge on any atom is -0.476 e. The van der Waals surface area contributed by atoms with Gasteiger partial charge in [-0.25, -0.2) is 4.79 Å². The van der Waals surface area contributed by atoms with E-state index in [9.17, 15) is 4.79 Å². The van der Waals surface area contributed by atoms with Crippen LogP contribution in [0.25, 0.3) is 0 Å². The lowest BCUT2D eigenvalue weighted by atomic mass is 10.4. The molecule has 6 heteroatoms. The van der Waals surface area contributed by atoms with E-state index < -0.39 is 5.97 Å². The van der Waals surface area contributed by atoms with Gasteiger partial charge in [-0.2, -0.15) is 0 Å². The molecule has 0 aliphatic rings. The van der Waals surface area contributed by atoms with Crippen molar-refractivity contribution in [2.24, 2.45) is 0 Å². The highest BCUT2D eigenvalue weighted by molar-refractivity contribution is 5.86. The van der Waals surface area contributed by atoms with Crippen LogP contribution in [0.2, 0.25) is 0 Å². The molecule has 0 atom stereocenters. The van der Waals surface area contributed by atoms with Crippen LogP contribution in [-0.2, 0) is 0 Å². The van der Waals surface area contributed by atoms with Gasteiger partial charge in [0.2, 0.25) is 0 Å². The molecule has 0 radical (unpaired) electrons. The Balaban J connectivity index is 3.15. The average Bonchev–Trinajstić information content (AvgIpc) is 2.10. The van der Waals surface area contributed by atoms with Crippen molar-refractivity contribution in [1.82, 2.24) is 15.2 Å². The molecule has 0 fully saturated rings. The zero-order valence-electron chi connectivity index (χ0n) is 5.14. The molecule has 0 spiro atoms. The molecular weight excluding hydrogens is 138 g/mol. The molecule has 54 valence electrons. The van der Waals surface area contributed by atoms with Crippen molar-refractivity contribution in [1.29, 1.82) is 0 Å². The van der Waals surface area contributed by atoms with Crippen LogP contribution in [0.1, 0.15) is 16.2 Å². The fourth-order valence-corrected chi connectivity index (χ4v) is 0.563. The SMILES string of the molecule is Cc1nn(O)nc1C(=O)O. The third-order valence-electron chi connectivity index (χ3n) is 0.974. The lowest BCUT2D eigenvalue weighted by Crippen LogP contribution is -2.00. The number of rotatable bonds is 1. The Labute approximate surface area is 55.7 Å². The van der Waals surface area contributed by atoms with Crippen LogP contribution in [0.3, 0.4) is 0 Å². The first-order valence-corrected chi connectivity index (χ1v) is 2.47. The molecule has 1 rings (SSSR count). The second-order valence-electron chi connectivity index (χ2n) is 1.71. The first kappa shape index (κ1) is 6.53. The van der Waals surface area contributed by atoms with Gasteiger partial charge in [-0.3, -0.25) is 0 Å². The molecule has 0 unspecified atom stereocenters. The Hall–Kier alpha value is -1.59. The number of hydrogen-bond acceptors (Lipinski definition) is 4. The van der Waals surface area contributed by atoms with E-state index in [4.69, 9.17) is 10.3 Å². The van der Waals surface area contributed by atoms with E-state index in [1.54, 1.807) is 0 Å². The molecule has 6 nitrogen and oxygen atoms in total. The summed E-state index contributed by atoms with van der Waals surface area (Å²) in [6, 6.07) is 0. The first-order valence-electron chi connectivity index (χ1n) is 2.47. The Morgan fingerprint density at radius 2 is 2.20 bits per heavy atom. The van der Waals surface area contributed by atoms with Crippen molar-refractivity contribution in [3.8, 4) is 0 Å². The average molecular weight is 143 g/mol. The van der Waals surface area contributed by atoms with Crippen molar-refractivity contribution < 1.29 is 15.1 Å². The third-order valence-corrected chi connectivity index (χ3v) is 0.974. The van der Waals surface area contributed by atoms with Crippen molar-refractivity contribution >= 4 is 5.97 Å². The van der Waals surface area contributed by atoms with E-state index >= 15 is 0 Å². The minimum absolute atomic E-state index is 0.190. The lowest BCUT2D eigenvalue weighted by molar-refractivity contribution is 0.0671. The smallest absolute Gasteiger partial charge is 0.358 e. The monoisotopic (exact) mass is 143 g/mol. The van der Waals surface area contributed by atoms with Crippen molar-refractivity contribution in [2.75, 3.05) is 0 Å². The summed E-state index contributed by atoms with van der Waals surface area (Å²) >= 11 is 0. The molecule has 10 heavy (non-hydrogen) atoms. The maximum absolute atomic E-state index is 10.2. The maximum atomic E-state index is 10.2. The van der Waals surface area contributed by atoms with Crippen LogP contribution in [0, 0.1) is 6.92 Å². The zero-order valence-corrected chi connectivity index (χ0v) is 5.14. The molecule has 1 heterocycles. The maximum Gasteiger partial charge on any atom is 0.358 e. The second kappa shape index (κ2) is 1.98. The summed E-state index contributed by atoms with van der Waals surface area (Å²) in [5.74, 6) is -1.20. The molecular formula is C4H5N3O3. The van der Waals surface area contributed by atoms with E-state index in [1.165, 1.54) is 6.92 Å². The molecule has 1 aromatic rings. The fourth-order valence-electron chi connectivity index (χ4n) is 0.563. The van der Waals surface area contributed by atoms with E-state index in [2.05, 4.69) is 10.2 Å². The van der Waals surface area contributed by atoms with Crippen LogP contribution in [-0.4, -0.2) is 31.4 Å². The highest BCUT2D eigenvalue weighted by Crippen LogP contribution is 1.97. The lowest BCUT2D eigenvalue weighted by Gasteiger charge is -1.81. The van der Waals surface area contributed by atoms with Gasteiger partial charge in [-0.05, 0) is 11.9 Å². The molecule has 1 aromatic heterocycles. The van der Waals surface area contributed by atoms with Gasteiger partial charge in [-0.15, -0.1) is 10.2 Å². The highest BCUT2D eigenvalue weighted by atomic mass is 16.5. The van der Waals surface area contributed by atoms with Crippen molar-refractivity contribution in [2.45, 2.75) is 6.92 Å². The van der Waals surface area contributed by atoms with Gasteiger partial charge in [0.15, 0.2) is 5.69 Å². The number of carboxylic acid groups (broad SMARTS) is 1. The molecule has 2 N–H and O–H groups in total. The zero-order chi connectivity index (χ0) is 7.72. The fraction of sp³-hybridized carbons (Fsp3) is 0.250. The molecule has 0 bridgehead atoms. The summed E-state index contributed by atoms with van der Waals surface area (Å²) in [5.41, 5.74) is -0.0440. The summed E-state index contributed by atoms with van der Waals surface area (Å²) in [6.45, 7) is 1.45. The molecule has 0 aromatic carbocycles. The number of hydrogen-bond donors (Lipinski definition) is 2. The normalized spacial score (nSPS) is 9.70. The third kappa shape index (κ3) is 0.903. The first-order chi connectivity index (χ1) is 4.61. The number of aryl methyl sites for hydroxylation is 1. The topological polar surface area (TPSA) is 88.2 Å². The summed E-state index contributed by atoms with van der Waals surface area (Å²) in [6.07, 6.45) is 0. The van der Waals surface area contributed by atoms with Gasteiger partial charge >= 0.3 is 5.97 Å².